The fourth-order valence-corrected chi connectivity index (χ4v) is 2.49. The normalized spacial score (nSPS) is 12.5. The van der Waals surface area contributed by atoms with Crippen LogP contribution in [0, 0.1) is 6.92 Å². The van der Waals surface area contributed by atoms with E-state index < -0.39 is 0 Å². The van der Waals surface area contributed by atoms with Crippen LogP contribution < -0.4 is 4.90 Å². The van der Waals surface area contributed by atoms with Gasteiger partial charge in [-0.25, -0.2) is 0 Å². The molecule has 0 aliphatic heterocycles. The number of hydrogen-bond donors (Lipinski definition) is 0. The second-order valence-electron chi connectivity index (χ2n) is 5.71. The van der Waals surface area contributed by atoms with Gasteiger partial charge in [-0.05, 0) is 36.5 Å². The molecule has 0 saturated heterocycles. The lowest BCUT2D eigenvalue weighted by atomic mass is 9.92. The second kappa shape index (κ2) is 7.45. The van der Waals surface area contributed by atoms with Gasteiger partial charge in [0, 0.05) is 19.8 Å². The van der Waals surface area contributed by atoms with Gasteiger partial charge in [-0.1, -0.05) is 51.7 Å². The molecular weight excluding hydrogens is 218 g/mol. The lowest BCUT2D eigenvalue weighted by Gasteiger charge is -2.22. The minimum Gasteiger partial charge on any atom is -0.377 e. The van der Waals surface area contributed by atoms with E-state index in [1.807, 2.05) is 0 Å². The largest absolute Gasteiger partial charge is 0.377 e. The first kappa shape index (κ1) is 15.1. The van der Waals surface area contributed by atoms with Crippen LogP contribution >= 0.6 is 0 Å². The third-order valence-electron chi connectivity index (χ3n) is 3.69. The maximum absolute atomic E-state index is 2.36. The number of aryl methyl sites for hydroxylation is 1. The predicted octanol–water partition coefficient (Wildman–Crippen LogP) is 5.13. The molecule has 0 saturated carbocycles. The summed E-state index contributed by atoms with van der Waals surface area (Å²) in [6.45, 7) is 6.81. The van der Waals surface area contributed by atoms with E-state index in [1.54, 1.807) is 0 Å². The van der Waals surface area contributed by atoms with Gasteiger partial charge in [0.25, 0.3) is 0 Å². The molecular formula is C17H29N. The van der Waals surface area contributed by atoms with Crippen molar-refractivity contribution in [2.75, 3.05) is 19.0 Å². The molecule has 0 aliphatic rings. The van der Waals surface area contributed by atoms with Crippen molar-refractivity contribution in [3.63, 3.8) is 0 Å². The molecule has 102 valence electrons. The van der Waals surface area contributed by atoms with Crippen molar-refractivity contribution in [1.29, 1.82) is 0 Å². The van der Waals surface area contributed by atoms with Crippen LogP contribution in [0.15, 0.2) is 18.2 Å². The Morgan fingerprint density at radius 3 is 2.44 bits per heavy atom. The third-order valence-corrected chi connectivity index (χ3v) is 3.69. The Balaban J connectivity index is 2.69. The molecule has 0 heterocycles. The van der Waals surface area contributed by atoms with Gasteiger partial charge in [-0.15, -0.1) is 0 Å². The molecule has 18 heavy (non-hydrogen) atoms. The standard InChI is InChI=1S/C17H29N/c1-6-7-8-9-10-15(3)16-12-11-14(2)13-17(16)18(4)5/h11-13,15H,6-10H2,1-5H3. The van der Waals surface area contributed by atoms with Gasteiger partial charge in [0.2, 0.25) is 0 Å². The van der Waals surface area contributed by atoms with Crippen LogP contribution in [-0.2, 0) is 0 Å². The highest BCUT2D eigenvalue weighted by Gasteiger charge is 2.11. The van der Waals surface area contributed by atoms with Gasteiger partial charge in [0.05, 0.1) is 0 Å². The van der Waals surface area contributed by atoms with Crippen molar-refractivity contribution >= 4 is 5.69 Å². The third kappa shape index (κ3) is 4.36. The van der Waals surface area contributed by atoms with Gasteiger partial charge >= 0.3 is 0 Å². The van der Waals surface area contributed by atoms with E-state index in [0.29, 0.717) is 5.92 Å². The summed E-state index contributed by atoms with van der Waals surface area (Å²) in [5, 5.41) is 0. The van der Waals surface area contributed by atoms with Crippen LogP contribution in [-0.4, -0.2) is 14.1 Å². The number of rotatable bonds is 7. The first-order valence-corrected chi connectivity index (χ1v) is 7.34. The van der Waals surface area contributed by atoms with Crippen LogP contribution in [0.25, 0.3) is 0 Å². The highest BCUT2D eigenvalue weighted by Crippen LogP contribution is 2.30. The molecule has 1 heteroatoms. The number of nitrogens with zero attached hydrogens (tertiary/aromatic N) is 1. The zero-order valence-electron chi connectivity index (χ0n) is 12.8. The SMILES string of the molecule is CCCCCCC(C)c1ccc(C)cc1N(C)C. The Morgan fingerprint density at radius 2 is 1.83 bits per heavy atom. The molecule has 0 bridgehead atoms. The van der Waals surface area contributed by atoms with Gasteiger partial charge in [0.15, 0.2) is 0 Å². The van der Waals surface area contributed by atoms with Crippen LogP contribution in [0.1, 0.15) is 63.0 Å². The molecule has 1 nitrogen and oxygen atoms in total. The van der Waals surface area contributed by atoms with Crippen molar-refractivity contribution in [2.45, 2.75) is 58.8 Å². The number of benzene rings is 1. The van der Waals surface area contributed by atoms with Crippen LogP contribution in [0.5, 0.6) is 0 Å². The molecule has 0 spiro atoms. The summed E-state index contributed by atoms with van der Waals surface area (Å²) in [7, 11) is 4.28. The van der Waals surface area contributed by atoms with Crippen LogP contribution in [0.3, 0.4) is 0 Å². The highest BCUT2D eigenvalue weighted by molar-refractivity contribution is 5.55. The topological polar surface area (TPSA) is 3.24 Å². The van der Waals surface area contributed by atoms with E-state index in [9.17, 15) is 0 Å². The first-order valence-electron chi connectivity index (χ1n) is 7.34. The van der Waals surface area contributed by atoms with Crippen molar-refractivity contribution in [3.05, 3.63) is 29.3 Å². The summed E-state index contributed by atoms with van der Waals surface area (Å²) >= 11 is 0. The first-order chi connectivity index (χ1) is 8.56. The maximum Gasteiger partial charge on any atom is 0.0398 e. The summed E-state index contributed by atoms with van der Waals surface area (Å²) < 4.78 is 0. The lowest BCUT2D eigenvalue weighted by molar-refractivity contribution is 0.580. The Kier molecular flexibility index (Phi) is 6.24. The molecule has 1 aromatic rings. The molecule has 0 N–H and O–H groups in total. The lowest BCUT2D eigenvalue weighted by Crippen LogP contribution is -2.12. The van der Waals surface area contributed by atoms with E-state index in [2.05, 4.69) is 58.0 Å². The minimum atomic E-state index is 0.667. The van der Waals surface area contributed by atoms with E-state index >= 15 is 0 Å². The molecule has 0 aromatic heterocycles. The average molecular weight is 247 g/mol. The Morgan fingerprint density at radius 1 is 1.11 bits per heavy atom. The van der Waals surface area contributed by atoms with Crippen molar-refractivity contribution in [2.24, 2.45) is 0 Å². The fraction of sp³-hybridized carbons (Fsp3) is 0.647. The maximum atomic E-state index is 2.36. The Bertz CT molecular complexity index is 355. The molecule has 1 rings (SSSR count). The molecule has 1 unspecified atom stereocenters. The van der Waals surface area contributed by atoms with Gasteiger partial charge in [0.1, 0.15) is 0 Å². The van der Waals surface area contributed by atoms with Crippen LogP contribution in [0.4, 0.5) is 5.69 Å². The molecule has 1 aromatic carbocycles. The predicted molar refractivity (Wildman–Crippen MR) is 82.7 cm³/mol. The van der Waals surface area contributed by atoms with Gasteiger partial charge in [-0.3, -0.25) is 0 Å². The molecule has 0 radical (unpaired) electrons. The van der Waals surface area contributed by atoms with Crippen molar-refractivity contribution in [1.82, 2.24) is 0 Å². The molecule has 0 aliphatic carbocycles. The molecule has 0 fully saturated rings. The number of hydrogen-bond acceptors (Lipinski definition) is 1. The Hall–Kier alpha value is -0.980. The van der Waals surface area contributed by atoms with E-state index in [-0.39, 0.29) is 0 Å². The summed E-state index contributed by atoms with van der Waals surface area (Å²) in [6.07, 6.45) is 6.74. The number of anilines is 1. The monoisotopic (exact) mass is 247 g/mol. The van der Waals surface area contributed by atoms with Crippen molar-refractivity contribution in [3.8, 4) is 0 Å². The zero-order chi connectivity index (χ0) is 13.5. The summed E-state index contributed by atoms with van der Waals surface area (Å²) in [5.41, 5.74) is 4.24. The smallest absolute Gasteiger partial charge is 0.0398 e. The summed E-state index contributed by atoms with van der Waals surface area (Å²) in [5.74, 6) is 0.667. The van der Waals surface area contributed by atoms with E-state index in [4.69, 9.17) is 0 Å². The van der Waals surface area contributed by atoms with Crippen molar-refractivity contribution < 1.29 is 0 Å². The summed E-state index contributed by atoms with van der Waals surface area (Å²) in [6, 6.07) is 6.86. The minimum absolute atomic E-state index is 0.667. The number of unbranched alkanes of at least 4 members (excludes halogenated alkanes) is 3. The van der Waals surface area contributed by atoms with Gasteiger partial charge in [-0.2, -0.15) is 0 Å². The van der Waals surface area contributed by atoms with E-state index in [0.717, 1.165) is 0 Å². The Labute approximate surface area is 113 Å². The molecule has 1 atom stereocenters. The second-order valence-corrected chi connectivity index (χ2v) is 5.71. The van der Waals surface area contributed by atoms with Gasteiger partial charge < -0.3 is 4.90 Å². The highest BCUT2D eigenvalue weighted by atomic mass is 15.1. The van der Waals surface area contributed by atoms with Crippen LogP contribution in [0.2, 0.25) is 0 Å². The summed E-state index contributed by atoms with van der Waals surface area (Å²) in [4.78, 5) is 2.24. The van der Waals surface area contributed by atoms with E-state index in [1.165, 1.54) is 48.9 Å². The quantitative estimate of drug-likeness (QED) is 0.603. The fourth-order valence-electron chi connectivity index (χ4n) is 2.49. The molecule has 0 amide bonds. The average Bonchev–Trinajstić information content (AvgIpc) is 2.34. The zero-order valence-corrected chi connectivity index (χ0v) is 12.8.